The maximum atomic E-state index is 12.4. The van der Waals surface area contributed by atoms with Crippen LogP contribution in [0.1, 0.15) is 10.5 Å². The maximum Gasteiger partial charge on any atom is 0.272 e. The number of amides is 1. The molecule has 0 atom stereocenters. The van der Waals surface area contributed by atoms with Gasteiger partial charge in [-0.1, -0.05) is 11.6 Å². The Morgan fingerprint density at radius 2 is 1.96 bits per heavy atom. The lowest BCUT2D eigenvalue weighted by atomic mass is 10.2. The Morgan fingerprint density at radius 3 is 2.71 bits per heavy atom. The summed E-state index contributed by atoms with van der Waals surface area (Å²) in [4.78, 5) is 19.8. The summed E-state index contributed by atoms with van der Waals surface area (Å²) >= 11 is 7.56. The van der Waals surface area contributed by atoms with E-state index in [0.29, 0.717) is 10.7 Å². The Morgan fingerprint density at radius 1 is 1.12 bits per heavy atom. The van der Waals surface area contributed by atoms with Crippen molar-refractivity contribution in [2.24, 2.45) is 0 Å². The van der Waals surface area contributed by atoms with Crippen LogP contribution in [0, 0.1) is 0 Å². The number of nitrogens with one attached hydrogen (secondary N) is 2. The molecule has 1 amide bonds. The van der Waals surface area contributed by atoms with Crippen LogP contribution in [0.25, 0.3) is 21.5 Å². The van der Waals surface area contributed by atoms with Crippen LogP contribution in [0.3, 0.4) is 0 Å². The first-order valence-electron chi connectivity index (χ1n) is 7.28. The van der Waals surface area contributed by atoms with Crippen LogP contribution in [0.15, 0.2) is 60.1 Å². The molecule has 0 aliphatic rings. The molecule has 0 aliphatic heterocycles. The first kappa shape index (κ1) is 14.9. The number of anilines is 1. The molecule has 0 saturated carbocycles. The Kier molecular flexibility index (Phi) is 3.80. The lowest BCUT2D eigenvalue weighted by Crippen LogP contribution is -2.12. The van der Waals surface area contributed by atoms with Crippen LogP contribution < -0.4 is 5.32 Å². The third-order valence-electron chi connectivity index (χ3n) is 3.65. The molecule has 2 heterocycles. The summed E-state index contributed by atoms with van der Waals surface area (Å²) in [6.07, 6.45) is 1.78. The summed E-state index contributed by atoms with van der Waals surface area (Å²) in [6.45, 7) is 0. The average molecular weight is 354 g/mol. The van der Waals surface area contributed by atoms with Crippen molar-refractivity contribution in [3.63, 3.8) is 0 Å². The van der Waals surface area contributed by atoms with E-state index in [1.807, 2.05) is 41.8 Å². The number of carbonyl (C=O) groups is 1. The van der Waals surface area contributed by atoms with Gasteiger partial charge in [0, 0.05) is 38.8 Å². The number of benzene rings is 2. The molecule has 4 rings (SSSR count). The number of hydrogen-bond acceptors (Lipinski definition) is 3. The zero-order valence-electron chi connectivity index (χ0n) is 12.4. The van der Waals surface area contributed by atoms with Crippen molar-refractivity contribution in [3.8, 4) is 10.6 Å². The minimum Gasteiger partial charge on any atom is -0.351 e. The van der Waals surface area contributed by atoms with E-state index < -0.39 is 0 Å². The second kappa shape index (κ2) is 6.11. The van der Waals surface area contributed by atoms with Gasteiger partial charge in [-0.15, -0.1) is 11.3 Å². The molecule has 2 aromatic heterocycles. The fourth-order valence-electron chi connectivity index (χ4n) is 2.49. The summed E-state index contributed by atoms with van der Waals surface area (Å²) in [5.41, 5.74) is 3.14. The molecule has 24 heavy (non-hydrogen) atoms. The number of aromatic nitrogens is 2. The Labute approximate surface area is 147 Å². The smallest absolute Gasteiger partial charge is 0.272 e. The van der Waals surface area contributed by atoms with Gasteiger partial charge in [0.2, 0.25) is 0 Å². The number of H-pyrrole nitrogens is 1. The van der Waals surface area contributed by atoms with E-state index >= 15 is 0 Å². The van der Waals surface area contributed by atoms with Crippen LogP contribution in [0.5, 0.6) is 0 Å². The van der Waals surface area contributed by atoms with Crippen molar-refractivity contribution in [1.82, 2.24) is 9.97 Å². The number of thiazole rings is 1. The Bertz CT molecular complexity index is 1010. The summed E-state index contributed by atoms with van der Waals surface area (Å²) < 4.78 is 0. The van der Waals surface area contributed by atoms with E-state index in [4.69, 9.17) is 11.6 Å². The quantitative estimate of drug-likeness (QED) is 0.532. The number of aromatic amines is 1. The topological polar surface area (TPSA) is 57.8 Å². The largest absolute Gasteiger partial charge is 0.351 e. The molecule has 0 fully saturated rings. The van der Waals surface area contributed by atoms with Gasteiger partial charge in [-0.05, 0) is 48.5 Å². The SMILES string of the molecule is O=C(Nc1ccc(-c2nccs2)cc1)c1cc2cc(Cl)ccc2[nH]1. The second-order valence-corrected chi connectivity index (χ2v) is 6.61. The van der Waals surface area contributed by atoms with Crippen molar-refractivity contribution in [2.45, 2.75) is 0 Å². The van der Waals surface area contributed by atoms with Crippen molar-refractivity contribution in [2.75, 3.05) is 5.32 Å². The summed E-state index contributed by atoms with van der Waals surface area (Å²) in [5, 5.41) is 7.34. The third-order valence-corrected chi connectivity index (χ3v) is 4.71. The minimum atomic E-state index is -0.190. The van der Waals surface area contributed by atoms with Gasteiger partial charge in [0.1, 0.15) is 10.7 Å². The van der Waals surface area contributed by atoms with Crippen LogP contribution in [0.4, 0.5) is 5.69 Å². The number of hydrogen-bond donors (Lipinski definition) is 2. The average Bonchev–Trinajstić information content (AvgIpc) is 3.24. The van der Waals surface area contributed by atoms with Gasteiger partial charge < -0.3 is 10.3 Å². The fraction of sp³-hybridized carbons (Fsp3) is 0. The second-order valence-electron chi connectivity index (χ2n) is 5.28. The van der Waals surface area contributed by atoms with Gasteiger partial charge in [0.15, 0.2) is 0 Å². The molecular formula is C18H12ClN3OS. The number of rotatable bonds is 3. The molecule has 0 bridgehead atoms. The van der Waals surface area contributed by atoms with E-state index in [1.54, 1.807) is 29.7 Å². The van der Waals surface area contributed by atoms with E-state index in [-0.39, 0.29) is 5.91 Å². The zero-order valence-corrected chi connectivity index (χ0v) is 14.0. The van der Waals surface area contributed by atoms with Gasteiger partial charge in [-0.2, -0.15) is 0 Å². The lowest BCUT2D eigenvalue weighted by Gasteiger charge is -2.04. The summed E-state index contributed by atoms with van der Waals surface area (Å²) in [7, 11) is 0. The number of carbonyl (C=O) groups excluding carboxylic acids is 1. The molecule has 0 radical (unpaired) electrons. The van der Waals surface area contributed by atoms with Crippen LogP contribution >= 0.6 is 22.9 Å². The van der Waals surface area contributed by atoms with Crippen molar-refractivity contribution < 1.29 is 4.79 Å². The van der Waals surface area contributed by atoms with Crippen molar-refractivity contribution >= 4 is 45.4 Å². The maximum absolute atomic E-state index is 12.4. The normalized spacial score (nSPS) is 10.9. The zero-order chi connectivity index (χ0) is 16.5. The van der Waals surface area contributed by atoms with Crippen molar-refractivity contribution in [3.05, 3.63) is 70.8 Å². The van der Waals surface area contributed by atoms with Crippen molar-refractivity contribution in [1.29, 1.82) is 0 Å². The third kappa shape index (κ3) is 2.91. The predicted octanol–water partition coefficient (Wildman–Crippen LogP) is 5.20. The summed E-state index contributed by atoms with van der Waals surface area (Å²) in [6, 6.07) is 14.9. The molecule has 118 valence electrons. The molecule has 6 heteroatoms. The molecule has 4 aromatic rings. The molecule has 0 aliphatic carbocycles. The molecule has 0 saturated heterocycles. The molecule has 2 aromatic carbocycles. The van der Waals surface area contributed by atoms with Gasteiger partial charge in [0.25, 0.3) is 5.91 Å². The molecule has 0 spiro atoms. The highest BCUT2D eigenvalue weighted by Gasteiger charge is 2.10. The van der Waals surface area contributed by atoms with E-state index in [2.05, 4.69) is 15.3 Å². The van der Waals surface area contributed by atoms with E-state index in [9.17, 15) is 4.79 Å². The van der Waals surface area contributed by atoms with Crippen LogP contribution in [-0.2, 0) is 0 Å². The molecule has 0 unspecified atom stereocenters. The number of nitrogens with zero attached hydrogens (tertiary/aromatic N) is 1. The predicted molar refractivity (Wildman–Crippen MR) is 98.8 cm³/mol. The molecule has 2 N–H and O–H groups in total. The van der Waals surface area contributed by atoms with Gasteiger partial charge in [-0.25, -0.2) is 4.98 Å². The first-order chi connectivity index (χ1) is 11.7. The van der Waals surface area contributed by atoms with Gasteiger partial charge in [0.05, 0.1) is 0 Å². The van der Waals surface area contributed by atoms with E-state index in [0.717, 1.165) is 27.2 Å². The Hall–Kier alpha value is -2.63. The highest BCUT2D eigenvalue weighted by molar-refractivity contribution is 7.13. The fourth-order valence-corrected chi connectivity index (χ4v) is 3.31. The molecule has 4 nitrogen and oxygen atoms in total. The summed E-state index contributed by atoms with van der Waals surface area (Å²) in [5.74, 6) is -0.190. The first-order valence-corrected chi connectivity index (χ1v) is 8.54. The minimum absolute atomic E-state index is 0.190. The molecular weight excluding hydrogens is 342 g/mol. The van der Waals surface area contributed by atoms with Gasteiger partial charge in [-0.3, -0.25) is 4.79 Å². The van der Waals surface area contributed by atoms with Gasteiger partial charge >= 0.3 is 0 Å². The van der Waals surface area contributed by atoms with Crippen LogP contribution in [0.2, 0.25) is 5.02 Å². The number of halogens is 1. The lowest BCUT2D eigenvalue weighted by molar-refractivity contribution is 0.102. The monoisotopic (exact) mass is 353 g/mol. The standard InChI is InChI=1S/C18H12ClN3OS/c19-13-3-6-15-12(9-13)10-16(22-15)17(23)21-14-4-1-11(2-5-14)18-20-7-8-24-18/h1-10,22H,(H,21,23). The highest BCUT2D eigenvalue weighted by atomic mass is 35.5. The Balaban J connectivity index is 1.54. The van der Waals surface area contributed by atoms with E-state index in [1.165, 1.54) is 0 Å². The highest BCUT2D eigenvalue weighted by Crippen LogP contribution is 2.24. The van der Waals surface area contributed by atoms with Crippen LogP contribution in [-0.4, -0.2) is 15.9 Å². The number of fused-ring (bicyclic) bond motifs is 1.